The molecule has 19 aromatic rings. The van der Waals surface area contributed by atoms with Crippen molar-refractivity contribution in [3.05, 3.63) is 469 Å². The molecule has 4 heterocycles. The number of rotatable bonds is 5. The van der Waals surface area contributed by atoms with Crippen LogP contribution in [-0.2, 0) is 6.42 Å². The van der Waals surface area contributed by atoms with E-state index >= 15 is 0 Å². The van der Waals surface area contributed by atoms with Crippen LogP contribution in [0.4, 0.5) is 0 Å². The lowest BCUT2D eigenvalue weighted by Gasteiger charge is -2.32. The molecular weight excluding hydrogens is 1510 g/mol. The Hall–Kier alpha value is -12.9. The van der Waals surface area contributed by atoms with E-state index in [-0.39, 0.29) is 0 Å². The fourth-order valence-corrected chi connectivity index (χ4v) is 17.5. The van der Waals surface area contributed by atoms with Crippen LogP contribution >= 0.6 is 11.3 Å². The number of furan rings is 2. The van der Waals surface area contributed by atoms with Crippen LogP contribution in [0.1, 0.15) is 141 Å². The summed E-state index contributed by atoms with van der Waals surface area (Å²) < 4.78 is 10.5. The van der Waals surface area contributed by atoms with Crippen molar-refractivity contribution in [3.63, 3.8) is 0 Å². The van der Waals surface area contributed by atoms with Crippen molar-refractivity contribution in [1.82, 2.24) is 4.98 Å². The molecular formula is C119H119NO2S. The molecule has 4 heteroatoms. The fourth-order valence-electron chi connectivity index (χ4n) is 16.7. The molecule has 0 atom stereocenters. The molecule has 618 valence electrons. The molecule has 0 radical (unpaired) electrons. The number of H-pyrrole nitrogens is 1. The number of thiophene rings is 1. The summed E-state index contributed by atoms with van der Waals surface area (Å²) in [6.45, 7) is 8.31. The van der Waals surface area contributed by atoms with Crippen LogP contribution in [-0.4, -0.2) is 4.98 Å². The second-order valence-electron chi connectivity index (χ2n) is 32.4. The van der Waals surface area contributed by atoms with Gasteiger partial charge in [-0.25, -0.2) is 0 Å². The first-order valence-corrected chi connectivity index (χ1v) is 45.5. The largest absolute Gasteiger partial charge is 0.472 e. The van der Waals surface area contributed by atoms with E-state index in [1.165, 1.54) is 192 Å². The van der Waals surface area contributed by atoms with Gasteiger partial charge in [0, 0.05) is 32.6 Å². The third-order valence-electron chi connectivity index (χ3n) is 23.8. The van der Waals surface area contributed by atoms with E-state index in [4.69, 9.17) is 8.83 Å². The van der Waals surface area contributed by atoms with E-state index in [2.05, 4.69) is 339 Å². The van der Waals surface area contributed by atoms with Gasteiger partial charge in [0.25, 0.3) is 0 Å². The molecule has 123 heavy (non-hydrogen) atoms. The number of aromatic nitrogens is 1. The summed E-state index contributed by atoms with van der Waals surface area (Å²) in [6.07, 6.45) is 27.1. The van der Waals surface area contributed by atoms with Gasteiger partial charge >= 0.3 is 0 Å². The molecule has 3 saturated carbocycles. The molecule has 1 N–H and O–H groups in total. The lowest BCUT2D eigenvalue weighted by atomic mass is 9.73. The summed E-state index contributed by atoms with van der Waals surface area (Å²) in [5, 5.41) is 11.9. The van der Waals surface area contributed by atoms with Gasteiger partial charge in [0.15, 0.2) is 0 Å². The van der Waals surface area contributed by atoms with Crippen LogP contribution < -0.4 is 0 Å². The summed E-state index contributed by atoms with van der Waals surface area (Å²) in [6, 6.07) is 140. The lowest BCUT2D eigenvalue weighted by Crippen LogP contribution is -2.20. The summed E-state index contributed by atoms with van der Waals surface area (Å²) in [5.41, 5.74) is 24.5. The normalized spacial score (nSPS) is 13.1. The zero-order valence-electron chi connectivity index (χ0n) is 72.3. The van der Waals surface area contributed by atoms with Crippen LogP contribution in [0.5, 0.6) is 0 Å². The Bertz CT molecular complexity index is 5600. The lowest BCUT2D eigenvalue weighted by molar-refractivity contribution is 0.196. The van der Waals surface area contributed by atoms with Gasteiger partial charge in [-0.3, -0.25) is 0 Å². The first-order valence-electron chi connectivity index (χ1n) is 44.5. The van der Waals surface area contributed by atoms with Crippen molar-refractivity contribution in [2.24, 2.45) is 11.8 Å². The standard InChI is InChI=1S/C18H14.C13H10.C12H9N.C12H8O.C12H22.C12H16.C12H10.C10H8.C6H8O.C6H8S.C6H6/c1-3-7-15(8-4-1)17-11-13-18(14-12-17)16-9-5-2-6-10-16;1-3-7-12-10(5-1)9-11-6-2-4-8-13(11)12;2*1-3-7-11-9(5-1)10-6-2-4-8-12(10)13-11;3*1-3-7-11(8-4-1)12-9-5-2-6-10-12;1-2-6-10-8-4-3-7-9(10)5-1;2*1-5-3-7-4-6(5)2;1-2-4-6-5-3-1/h1-14H;1-8H,9H2;1-8,13H;1-8H;11-12H,1-10H2;1,3-4,7-8,12H,2,5-6,9-10H2;1-10H;1-8H;2*3-4H,1-2H3;1-6H. The van der Waals surface area contributed by atoms with E-state index in [1.807, 2.05) is 111 Å². The fraction of sp³-hybridized carbons (Fsp3) is 0.193. The van der Waals surface area contributed by atoms with Gasteiger partial charge in [-0.05, 0) is 194 Å². The van der Waals surface area contributed by atoms with Crippen molar-refractivity contribution in [2.75, 3.05) is 0 Å². The number of aromatic amines is 1. The van der Waals surface area contributed by atoms with Gasteiger partial charge in [-0.1, -0.05) is 466 Å². The summed E-state index contributed by atoms with van der Waals surface area (Å²) in [7, 11) is 0. The summed E-state index contributed by atoms with van der Waals surface area (Å²) in [5.74, 6) is 3.14. The molecule has 3 nitrogen and oxygen atoms in total. The third-order valence-corrected chi connectivity index (χ3v) is 24.8. The molecule has 4 aliphatic carbocycles. The third kappa shape index (κ3) is 27.1. The maximum atomic E-state index is 5.65. The average molecular weight is 1630 g/mol. The topological polar surface area (TPSA) is 42.1 Å². The molecule has 0 saturated heterocycles. The Morgan fingerprint density at radius 1 is 0.252 bits per heavy atom. The molecule has 3 fully saturated rings. The van der Waals surface area contributed by atoms with Gasteiger partial charge in [0.2, 0.25) is 0 Å². The maximum Gasteiger partial charge on any atom is 0.135 e. The molecule has 0 unspecified atom stereocenters. The predicted molar refractivity (Wildman–Crippen MR) is 531 cm³/mol. The Kier molecular flexibility index (Phi) is 34.7. The Morgan fingerprint density at radius 2 is 0.537 bits per heavy atom. The molecule has 0 amide bonds. The average Bonchev–Trinajstić information content (AvgIpc) is 1.66. The Morgan fingerprint density at radius 3 is 0.878 bits per heavy atom. The van der Waals surface area contributed by atoms with E-state index in [0.717, 1.165) is 35.3 Å². The highest BCUT2D eigenvalue weighted by atomic mass is 32.1. The predicted octanol–water partition coefficient (Wildman–Crippen LogP) is 35.2. The zero-order chi connectivity index (χ0) is 84.5. The van der Waals surface area contributed by atoms with Gasteiger partial charge in [0.1, 0.15) is 11.2 Å². The highest BCUT2D eigenvalue weighted by Gasteiger charge is 2.25. The molecule has 15 aromatic carbocycles. The quantitative estimate of drug-likeness (QED) is 0.187. The molecule has 23 rings (SSSR count). The van der Waals surface area contributed by atoms with Crippen LogP contribution in [0.25, 0.3) is 99.0 Å². The maximum absolute atomic E-state index is 5.65. The van der Waals surface area contributed by atoms with E-state index in [1.54, 1.807) is 55.1 Å². The van der Waals surface area contributed by atoms with E-state index < -0.39 is 0 Å². The van der Waals surface area contributed by atoms with Gasteiger partial charge < -0.3 is 13.8 Å². The van der Waals surface area contributed by atoms with Gasteiger partial charge in [0.05, 0.1) is 12.5 Å². The minimum absolute atomic E-state index is 0.861. The van der Waals surface area contributed by atoms with Gasteiger partial charge in [-0.15, -0.1) is 0 Å². The first-order chi connectivity index (χ1) is 60.8. The SMILES string of the molecule is C1CCC(C2CCCCC2)CC1.Cc1cocc1C.Cc1cscc1C.c1ccc(-c2ccc(-c3ccccc3)cc2)cc1.c1ccc(-c2ccccc2)cc1.c1ccc(C2CCCCC2)cc1.c1ccc2c(c1)Cc1ccccc1-2.c1ccc2c(c1)[nH]c1ccccc12.c1ccc2c(c1)oc1ccccc12.c1ccc2ccccc2c1.c1ccccc1. The second-order valence-corrected chi connectivity index (χ2v) is 33.1. The first kappa shape index (κ1) is 87.9. The number of hydrogen-bond acceptors (Lipinski definition) is 3. The molecule has 0 bridgehead atoms. The van der Waals surface area contributed by atoms with Crippen molar-refractivity contribution in [3.8, 4) is 44.5 Å². The number of benzene rings is 15. The minimum atomic E-state index is 0.861. The van der Waals surface area contributed by atoms with Crippen molar-refractivity contribution < 1.29 is 8.83 Å². The monoisotopic (exact) mass is 1630 g/mol. The number of hydrogen-bond donors (Lipinski definition) is 1. The molecule has 4 aromatic heterocycles. The van der Waals surface area contributed by atoms with Crippen molar-refractivity contribution in [1.29, 1.82) is 0 Å². The molecule has 4 aliphatic rings. The van der Waals surface area contributed by atoms with E-state index in [0.29, 0.717) is 0 Å². The van der Waals surface area contributed by atoms with Crippen molar-refractivity contribution >= 4 is 65.9 Å². The van der Waals surface area contributed by atoms with Gasteiger partial charge in [-0.2, -0.15) is 11.3 Å². The number of aryl methyl sites for hydroxylation is 4. The van der Waals surface area contributed by atoms with E-state index in [9.17, 15) is 0 Å². The molecule has 0 spiro atoms. The number of para-hydroxylation sites is 4. The second kappa shape index (κ2) is 48.5. The Labute approximate surface area is 735 Å². The highest BCUT2D eigenvalue weighted by molar-refractivity contribution is 7.08. The zero-order valence-corrected chi connectivity index (χ0v) is 73.1. The molecule has 0 aliphatic heterocycles. The highest BCUT2D eigenvalue weighted by Crippen LogP contribution is 2.40. The number of fused-ring (bicyclic) bond motifs is 10. The number of nitrogens with one attached hydrogen (secondary N) is 1. The van der Waals surface area contributed by atoms with Crippen LogP contribution in [0.3, 0.4) is 0 Å². The smallest absolute Gasteiger partial charge is 0.135 e. The minimum Gasteiger partial charge on any atom is -0.472 e. The van der Waals surface area contributed by atoms with Crippen molar-refractivity contribution in [2.45, 2.75) is 136 Å². The van der Waals surface area contributed by atoms with Crippen LogP contribution in [0.15, 0.2) is 439 Å². The summed E-state index contributed by atoms with van der Waals surface area (Å²) >= 11 is 1.77. The summed E-state index contributed by atoms with van der Waals surface area (Å²) in [4.78, 5) is 3.38. The van der Waals surface area contributed by atoms with Crippen LogP contribution in [0, 0.1) is 39.5 Å². The Balaban J connectivity index is 0.000000118. The van der Waals surface area contributed by atoms with Crippen LogP contribution in [0.2, 0.25) is 0 Å².